The van der Waals surface area contributed by atoms with E-state index in [1.165, 1.54) is 24.6 Å². The monoisotopic (exact) mass is 254 g/mol. The van der Waals surface area contributed by atoms with Gasteiger partial charge in [-0.1, -0.05) is 37.1 Å². The fourth-order valence-corrected chi connectivity index (χ4v) is 3.25. The minimum atomic E-state index is -0.375. The van der Waals surface area contributed by atoms with Crippen LogP contribution in [0.25, 0.3) is 0 Å². The summed E-state index contributed by atoms with van der Waals surface area (Å²) in [5.74, 6) is 0.290. The van der Waals surface area contributed by atoms with Crippen LogP contribution in [0.3, 0.4) is 0 Å². The van der Waals surface area contributed by atoms with Gasteiger partial charge in [-0.2, -0.15) is 0 Å². The Morgan fingerprint density at radius 1 is 1.35 bits per heavy atom. The Bertz CT molecular complexity index is 333. The summed E-state index contributed by atoms with van der Waals surface area (Å²) in [6.45, 7) is 7.37. The third kappa shape index (κ3) is 3.63. The van der Waals surface area contributed by atoms with E-state index in [0.29, 0.717) is 11.3 Å². The van der Waals surface area contributed by atoms with Crippen LogP contribution in [0.1, 0.15) is 52.4 Å². The van der Waals surface area contributed by atoms with E-state index in [1.54, 1.807) is 6.92 Å². The molecule has 0 spiro atoms. The summed E-state index contributed by atoms with van der Waals surface area (Å²) in [6.07, 6.45) is 8.51. The van der Waals surface area contributed by atoms with E-state index in [-0.39, 0.29) is 9.86 Å². The van der Waals surface area contributed by atoms with Gasteiger partial charge in [0, 0.05) is 5.57 Å². The molecule has 96 valence electrons. The number of unbranched alkanes of at least 4 members (excludes halogenated alkanes) is 4. The average Bonchev–Trinajstić information content (AvgIpc) is 2.48. The maximum atomic E-state index is 11.5. The van der Waals surface area contributed by atoms with Crippen LogP contribution < -0.4 is 0 Å². The second-order valence-electron chi connectivity index (χ2n) is 4.84. The van der Waals surface area contributed by atoms with Gasteiger partial charge in [0.1, 0.15) is 5.76 Å². The van der Waals surface area contributed by atoms with E-state index in [4.69, 9.17) is 0 Å². The Kier molecular flexibility index (Phi) is 5.31. The predicted octanol–water partition coefficient (Wildman–Crippen LogP) is 4.38. The van der Waals surface area contributed by atoms with Crippen LogP contribution in [0.5, 0.6) is 0 Å². The van der Waals surface area contributed by atoms with Crippen molar-refractivity contribution in [3.63, 3.8) is 0 Å². The number of carbonyl (C=O) groups is 1. The highest BCUT2D eigenvalue weighted by Gasteiger charge is 2.41. The van der Waals surface area contributed by atoms with Gasteiger partial charge in [-0.25, -0.2) is 0 Å². The number of hydrogen-bond donors (Lipinski definition) is 1. The van der Waals surface area contributed by atoms with Crippen LogP contribution >= 0.6 is 11.8 Å². The third-order valence-electron chi connectivity index (χ3n) is 3.29. The van der Waals surface area contributed by atoms with Crippen molar-refractivity contribution in [2.75, 3.05) is 0 Å². The minimum absolute atomic E-state index is 0.0247. The van der Waals surface area contributed by atoms with Gasteiger partial charge in [-0.15, -0.1) is 6.58 Å². The Morgan fingerprint density at radius 3 is 2.53 bits per heavy atom. The molecule has 0 aliphatic carbocycles. The van der Waals surface area contributed by atoms with Crippen molar-refractivity contribution in [2.24, 2.45) is 0 Å². The topological polar surface area (TPSA) is 37.3 Å². The van der Waals surface area contributed by atoms with Crippen molar-refractivity contribution in [1.29, 1.82) is 0 Å². The number of rotatable bonds is 7. The van der Waals surface area contributed by atoms with Crippen LogP contribution in [-0.4, -0.2) is 15.0 Å². The number of aliphatic hydroxyl groups is 1. The Hall–Kier alpha value is -0.700. The zero-order valence-corrected chi connectivity index (χ0v) is 11.6. The highest BCUT2D eigenvalue weighted by Crippen LogP contribution is 2.45. The molecule has 3 heteroatoms. The van der Waals surface area contributed by atoms with E-state index in [2.05, 4.69) is 6.58 Å². The van der Waals surface area contributed by atoms with Crippen LogP contribution in [0.2, 0.25) is 0 Å². The lowest BCUT2D eigenvalue weighted by atomic mass is 9.97. The zero-order chi connectivity index (χ0) is 12.9. The second-order valence-corrected chi connectivity index (χ2v) is 6.31. The van der Waals surface area contributed by atoms with Gasteiger partial charge >= 0.3 is 0 Å². The molecule has 0 amide bonds. The van der Waals surface area contributed by atoms with Crippen LogP contribution in [0.15, 0.2) is 24.0 Å². The Morgan fingerprint density at radius 2 is 2.00 bits per heavy atom. The quantitative estimate of drug-likeness (QED) is 0.541. The van der Waals surface area contributed by atoms with E-state index in [1.807, 2.05) is 13.0 Å². The molecule has 17 heavy (non-hydrogen) atoms. The summed E-state index contributed by atoms with van der Waals surface area (Å²) < 4.78 is -0.375. The summed E-state index contributed by atoms with van der Waals surface area (Å²) in [6, 6.07) is 0. The molecule has 0 aromatic carbocycles. The van der Waals surface area contributed by atoms with Crippen molar-refractivity contribution in [2.45, 2.75) is 57.1 Å². The smallest absolute Gasteiger partial charge is 0.219 e. The molecule has 0 fully saturated rings. The van der Waals surface area contributed by atoms with E-state index >= 15 is 0 Å². The maximum Gasteiger partial charge on any atom is 0.219 e. The molecule has 1 rings (SSSR count). The first kappa shape index (κ1) is 14.4. The van der Waals surface area contributed by atoms with Crippen molar-refractivity contribution < 1.29 is 9.90 Å². The van der Waals surface area contributed by atoms with Crippen LogP contribution in [0.4, 0.5) is 0 Å². The fourth-order valence-electron chi connectivity index (χ4n) is 2.10. The molecule has 1 atom stereocenters. The lowest BCUT2D eigenvalue weighted by molar-refractivity contribution is -0.107. The number of carbonyl (C=O) groups excluding carboxylic acids is 1. The molecule has 1 unspecified atom stereocenters. The van der Waals surface area contributed by atoms with Crippen LogP contribution in [0, 0.1) is 0 Å². The molecule has 0 aromatic heterocycles. The lowest BCUT2D eigenvalue weighted by Gasteiger charge is -2.22. The molecule has 1 N–H and O–H groups in total. The zero-order valence-electron chi connectivity index (χ0n) is 10.8. The SMILES string of the molecule is C=CCCCCCCC1(C)SC(=O)C(C)=C1O. The first-order valence-electron chi connectivity index (χ1n) is 6.26. The summed E-state index contributed by atoms with van der Waals surface area (Å²) in [5, 5.41) is 9.98. The van der Waals surface area contributed by atoms with Crippen molar-refractivity contribution in [3.05, 3.63) is 24.0 Å². The largest absolute Gasteiger partial charge is 0.510 e. The van der Waals surface area contributed by atoms with Gasteiger partial charge in [0.2, 0.25) is 5.12 Å². The minimum Gasteiger partial charge on any atom is -0.510 e. The summed E-state index contributed by atoms with van der Waals surface area (Å²) in [5.41, 5.74) is 0.532. The summed E-state index contributed by atoms with van der Waals surface area (Å²) >= 11 is 1.27. The summed E-state index contributed by atoms with van der Waals surface area (Å²) in [4.78, 5) is 11.5. The standard InChI is InChI=1S/C14H22O2S/c1-4-5-6-7-8-9-10-14(3)12(15)11(2)13(16)17-14/h4,15H,1,5-10H2,2-3H3. The molecule has 1 aliphatic rings. The molecule has 0 saturated carbocycles. The third-order valence-corrected chi connectivity index (χ3v) is 4.63. The number of thioether (sulfide) groups is 1. The summed E-state index contributed by atoms with van der Waals surface area (Å²) in [7, 11) is 0. The normalized spacial score (nSPS) is 24.5. The first-order valence-corrected chi connectivity index (χ1v) is 7.07. The lowest BCUT2D eigenvalue weighted by Crippen LogP contribution is -2.20. The second kappa shape index (κ2) is 6.29. The van der Waals surface area contributed by atoms with Gasteiger partial charge in [0.25, 0.3) is 0 Å². The molecule has 2 nitrogen and oxygen atoms in total. The highest BCUT2D eigenvalue weighted by molar-refractivity contribution is 8.15. The molecule has 0 aromatic rings. The number of hydrogen-bond acceptors (Lipinski definition) is 3. The average molecular weight is 254 g/mol. The Labute approximate surface area is 108 Å². The van der Waals surface area contributed by atoms with E-state index in [0.717, 1.165) is 25.7 Å². The predicted molar refractivity (Wildman–Crippen MR) is 74.2 cm³/mol. The maximum absolute atomic E-state index is 11.5. The van der Waals surface area contributed by atoms with Gasteiger partial charge < -0.3 is 5.11 Å². The van der Waals surface area contributed by atoms with E-state index < -0.39 is 0 Å². The van der Waals surface area contributed by atoms with Crippen molar-refractivity contribution >= 4 is 16.9 Å². The van der Waals surface area contributed by atoms with Crippen molar-refractivity contribution in [1.82, 2.24) is 0 Å². The van der Waals surface area contributed by atoms with Crippen LogP contribution in [-0.2, 0) is 4.79 Å². The molecule has 0 saturated heterocycles. The van der Waals surface area contributed by atoms with Gasteiger partial charge in [0.15, 0.2) is 0 Å². The number of aliphatic hydroxyl groups excluding tert-OH is 1. The molecule has 0 bridgehead atoms. The fraction of sp³-hybridized carbons (Fsp3) is 0.643. The molecule has 1 aliphatic heterocycles. The molecular weight excluding hydrogens is 232 g/mol. The molecule has 1 heterocycles. The molecular formula is C14H22O2S. The van der Waals surface area contributed by atoms with E-state index in [9.17, 15) is 9.90 Å². The molecule has 0 radical (unpaired) electrons. The van der Waals surface area contributed by atoms with Gasteiger partial charge in [-0.3, -0.25) is 4.79 Å². The van der Waals surface area contributed by atoms with Crippen molar-refractivity contribution in [3.8, 4) is 0 Å². The van der Waals surface area contributed by atoms with Gasteiger partial charge in [-0.05, 0) is 33.1 Å². The van der Waals surface area contributed by atoms with Gasteiger partial charge in [0.05, 0.1) is 4.75 Å². The first-order chi connectivity index (χ1) is 8.01. The number of allylic oxidation sites excluding steroid dienone is 1. The Balaban J connectivity index is 2.32. The highest BCUT2D eigenvalue weighted by atomic mass is 32.2.